The van der Waals surface area contributed by atoms with Crippen molar-refractivity contribution in [3.8, 4) is 5.75 Å². The van der Waals surface area contributed by atoms with Crippen molar-refractivity contribution in [1.82, 2.24) is 4.98 Å². The number of amidine groups is 1. The van der Waals surface area contributed by atoms with E-state index in [-0.39, 0.29) is 12.4 Å². The van der Waals surface area contributed by atoms with Gasteiger partial charge in [0.2, 0.25) is 0 Å². The lowest BCUT2D eigenvalue weighted by Gasteiger charge is -2.11. The molecule has 1 heterocycles. The summed E-state index contributed by atoms with van der Waals surface area (Å²) < 4.78 is 5.72. The van der Waals surface area contributed by atoms with E-state index in [2.05, 4.69) is 10.1 Å². The molecule has 5 nitrogen and oxygen atoms in total. The molecule has 0 bridgehead atoms. The molecular weight excluding hydrogens is 278 g/mol. The summed E-state index contributed by atoms with van der Waals surface area (Å²) in [5.74, 6) is 0.681. The minimum Gasteiger partial charge on any atom is -0.489 e. The second-order valence-electron chi connectivity index (χ2n) is 4.19. The number of ether oxygens (including phenoxy) is 1. The number of pyridine rings is 1. The van der Waals surface area contributed by atoms with Gasteiger partial charge in [0.15, 0.2) is 5.84 Å². The van der Waals surface area contributed by atoms with Crippen molar-refractivity contribution < 1.29 is 9.94 Å². The monoisotopic (exact) mass is 291 g/mol. The molecule has 0 spiro atoms. The smallest absolute Gasteiger partial charge is 0.189 e. The molecule has 0 unspecified atom stereocenters. The van der Waals surface area contributed by atoms with Crippen LogP contribution in [0.5, 0.6) is 5.75 Å². The van der Waals surface area contributed by atoms with Crippen LogP contribution in [0, 0.1) is 6.92 Å². The lowest BCUT2D eigenvalue weighted by Crippen LogP contribution is -2.18. The fourth-order valence-electron chi connectivity index (χ4n) is 1.76. The van der Waals surface area contributed by atoms with Gasteiger partial charge in [-0.15, -0.1) is 0 Å². The normalized spacial score (nSPS) is 11.4. The maximum atomic E-state index is 8.74. The zero-order chi connectivity index (χ0) is 14.5. The first-order valence-corrected chi connectivity index (χ1v) is 6.30. The molecule has 20 heavy (non-hydrogen) atoms. The molecule has 0 aliphatic rings. The van der Waals surface area contributed by atoms with Gasteiger partial charge < -0.3 is 15.7 Å². The average Bonchev–Trinajstić information content (AvgIpc) is 2.46. The minimum atomic E-state index is -0.0444. The van der Waals surface area contributed by atoms with Crippen LogP contribution >= 0.6 is 11.6 Å². The van der Waals surface area contributed by atoms with Gasteiger partial charge in [0.05, 0.1) is 0 Å². The van der Waals surface area contributed by atoms with E-state index in [1.165, 1.54) is 0 Å². The number of hydrogen-bond donors (Lipinski definition) is 2. The number of aromatic nitrogens is 1. The molecule has 0 fully saturated rings. The molecular formula is C14H14ClN3O2. The number of aryl methyl sites for hydroxylation is 1. The van der Waals surface area contributed by atoms with E-state index < -0.39 is 0 Å². The second-order valence-corrected chi connectivity index (χ2v) is 4.63. The molecule has 0 radical (unpaired) electrons. The summed E-state index contributed by atoms with van der Waals surface area (Å²) in [4.78, 5) is 4.08. The molecule has 0 atom stereocenters. The highest BCUT2D eigenvalue weighted by atomic mass is 35.5. The van der Waals surface area contributed by atoms with Gasteiger partial charge >= 0.3 is 0 Å². The van der Waals surface area contributed by atoms with E-state index in [0.717, 1.165) is 16.9 Å². The molecule has 0 amide bonds. The fourth-order valence-corrected chi connectivity index (χ4v) is 1.99. The van der Waals surface area contributed by atoms with Gasteiger partial charge in [0, 0.05) is 16.8 Å². The summed E-state index contributed by atoms with van der Waals surface area (Å²) in [6.07, 6.45) is 1.57. The number of rotatable bonds is 4. The summed E-state index contributed by atoms with van der Waals surface area (Å²) in [5.41, 5.74) is 7.65. The Hall–Kier alpha value is -2.27. The topological polar surface area (TPSA) is 80.7 Å². The maximum absolute atomic E-state index is 8.74. The Labute approximate surface area is 121 Å². The Kier molecular flexibility index (Phi) is 4.42. The lowest BCUT2D eigenvalue weighted by atomic mass is 10.2. The van der Waals surface area contributed by atoms with Crippen LogP contribution in [-0.4, -0.2) is 16.0 Å². The second kappa shape index (κ2) is 6.25. The van der Waals surface area contributed by atoms with E-state index in [0.29, 0.717) is 10.7 Å². The van der Waals surface area contributed by atoms with E-state index in [4.69, 9.17) is 27.3 Å². The Morgan fingerprint density at radius 3 is 2.95 bits per heavy atom. The first-order chi connectivity index (χ1) is 9.61. The third-order valence-corrected chi connectivity index (χ3v) is 3.00. The third kappa shape index (κ3) is 3.19. The quantitative estimate of drug-likeness (QED) is 0.393. The van der Waals surface area contributed by atoms with Crippen molar-refractivity contribution >= 4 is 17.4 Å². The number of benzene rings is 1. The third-order valence-electron chi connectivity index (χ3n) is 2.76. The molecule has 104 valence electrons. The fraction of sp³-hybridized carbons (Fsp3) is 0.143. The molecule has 2 rings (SSSR count). The molecule has 3 N–H and O–H groups in total. The van der Waals surface area contributed by atoms with Crippen LogP contribution in [0.25, 0.3) is 0 Å². The van der Waals surface area contributed by atoms with Gasteiger partial charge in [-0.1, -0.05) is 22.8 Å². The van der Waals surface area contributed by atoms with E-state index >= 15 is 0 Å². The number of halogens is 1. The van der Waals surface area contributed by atoms with Crippen LogP contribution in [0.4, 0.5) is 0 Å². The Bertz CT molecular complexity index is 644. The summed E-state index contributed by atoms with van der Waals surface area (Å²) in [7, 11) is 0. The van der Waals surface area contributed by atoms with Crippen LogP contribution in [0.1, 0.15) is 16.8 Å². The zero-order valence-electron chi connectivity index (χ0n) is 10.9. The molecule has 0 aliphatic carbocycles. The van der Waals surface area contributed by atoms with Gasteiger partial charge in [0.25, 0.3) is 0 Å². The van der Waals surface area contributed by atoms with Crippen molar-refractivity contribution in [1.29, 1.82) is 0 Å². The molecule has 0 aliphatic heterocycles. The van der Waals surface area contributed by atoms with Gasteiger partial charge in [-0.25, -0.2) is 0 Å². The minimum absolute atomic E-state index is 0.0444. The van der Waals surface area contributed by atoms with Gasteiger partial charge in [-0.05, 0) is 36.8 Å². The Morgan fingerprint density at radius 1 is 1.45 bits per heavy atom. The predicted octanol–water partition coefficient (Wildman–Crippen LogP) is 2.72. The standard InChI is InChI=1S/C14H14ClN3O2/c1-9-7-11(15)4-5-12(9)20-8-10-3-2-6-17-13(10)14(16)18-19/h2-7,19H,8H2,1H3,(H2,16,18). The highest BCUT2D eigenvalue weighted by Crippen LogP contribution is 2.23. The summed E-state index contributed by atoms with van der Waals surface area (Å²) in [6.45, 7) is 2.18. The molecule has 0 saturated heterocycles. The number of hydrogen-bond acceptors (Lipinski definition) is 4. The number of nitrogens with two attached hydrogens (primary N) is 1. The summed E-state index contributed by atoms with van der Waals surface area (Å²) >= 11 is 5.89. The van der Waals surface area contributed by atoms with Crippen molar-refractivity contribution in [3.63, 3.8) is 0 Å². The maximum Gasteiger partial charge on any atom is 0.189 e. The van der Waals surface area contributed by atoms with Crippen LogP contribution in [0.2, 0.25) is 5.02 Å². The number of nitrogens with zero attached hydrogens (tertiary/aromatic N) is 2. The first kappa shape index (κ1) is 14.1. The number of oxime groups is 1. The highest BCUT2D eigenvalue weighted by Gasteiger charge is 2.09. The van der Waals surface area contributed by atoms with Crippen LogP contribution in [0.3, 0.4) is 0 Å². The Morgan fingerprint density at radius 2 is 2.25 bits per heavy atom. The van der Waals surface area contributed by atoms with Crippen molar-refractivity contribution in [2.45, 2.75) is 13.5 Å². The highest BCUT2D eigenvalue weighted by molar-refractivity contribution is 6.30. The van der Waals surface area contributed by atoms with Crippen LogP contribution < -0.4 is 10.5 Å². The van der Waals surface area contributed by atoms with Crippen molar-refractivity contribution in [3.05, 3.63) is 58.4 Å². The van der Waals surface area contributed by atoms with Gasteiger partial charge in [-0.3, -0.25) is 4.98 Å². The summed E-state index contributed by atoms with van der Waals surface area (Å²) in [6, 6.07) is 8.96. The Balaban J connectivity index is 2.19. The van der Waals surface area contributed by atoms with Gasteiger partial charge in [-0.2, -0.15) is 0 Å². The van der Waals surface area contributed by atoms with E-state index in [1.54, 1.807) is 24.4 Å². The van der Waals surface area contributed by atoms with E-state index in [1.807, 2.05) is 19.1 Å². The summed E-state index contributed by atoms with van der Waals surface area (Å²) in [5, 5.41) is 12.4. The van der Waals surface area contributed by atoms with Crippen molar-refractivity contribution in [2.75, 3.05) is 0 Å². The van der Waals surface area contributed by atoms with Crippen LogP contribution in [-0.2, 0) is 6.61 Å². The SMILES string of the molecule is Cc1cc(Cl)ccc1OCc1cccnc1C(N)=NO. The van der Waals surface area contributed by atoms with Gasteiger partial charge in [0.1, 0.15) is 18.1 Å². The molecule has 1 aromatic heterocycles. The molecule has 0 saturated carbocycles. The first-order valence-electron chi connectivity index (χ1n) is 5.92. The largest absolute Gasteiger partial charge is 0.489 e. The lowest BCUT2D eigenvalue weighted by molar-refractivity contribution is 0.302. The predicted molar refractivity (Wildman–Crippen MR) is 77.3 cm³/mol. The molecule has 2 aromatic rings. The zero-order valence-corrected chi connectivity index (χ0v) is 11.6. The van der Waals surface area contributed by atoms with E-state index in [9.17, 15) is 0 Å². The van der Waals surface area contributed by atoms with Crippen LogP contribution in [0.15, 0.2) is 41.7 Å². The average molecular weight is 292 g/mol. The molecule has 6 heteroatoms. The molecule has 1 aromatic carbocycles. The van der Waals surface area contributed by atoms with Crippen molar-refractivity contribution in [2.24, 2.45) is 10.9 Å².